The summed E-state index contributed by atoms with van der Waals surface area (Å²) in [4.78, 5) is 12.3. The monoisotopic (exact) mass is 397 g/mol. The van der Waals surface area contributed by atoms with Gasteiger partial charge in [-0.05, 0) is 65.6 Å². The number of pyridine rings is 1. The molecule has 0 aliphatic carbocycles. The average molecular weight is 397 g/mol. The summed E-state index contributed by atoms with van der Waals surface area (Å²) in [6, 6.07) is 16.1. The fraction of sp³-hybridized carbons (Fsp3) is 0.167. The van der Waals surface area contributed by atoms with Gasteiger partial charge in [-0.2, -0.15) is 0 Å². The normalized spacial score (nSPS) is 15.8. The van der Waals surface area contributed by atoms with Gasteiger partial charge in [0.15, 0.2) is 5.58 Å². The van der Waals surface area contributed by atoms with E-state index >= 15 is 0 Å². The van der Waals surface area contributed by atoms with Crippen LogP contribution in [0.5, 0.6) is 11.5 Å². The topological polar surface area (TPSA) is 73.2 Å². The van der Waals surface area contributed by atoms with Gasteiger partial charge in [0.25, 0.3) is 0 Å². The van der Waals surface area contributed by atoms with E-state index in [1.54, 1.807) is 7.11 Å². The van der Waals surface area contributed by atoms with Crippen molar-refractivity contribution in [2.24, 2.45) is 0 Å². The molecule has 6 nitrogen and oxygen atoms in total. The van der Waals surface area contributed by atoms with E-state index in [-0.39, 0.29) is 5.92 Å². The highest BCUT2D eigenvalue weighted by Gasteiger charge is 2.26. The molecule has 0 saturated heterocycles. The van der Waals surface area contributed by atoms with Crippen LogP contribution in [-0.2, 0) is 6.42 Å². The molecule has 1 aliphatic rings. The Morgan fingerprint density at radius 3 is 3.00 bits per heavy atom. The van der Waals surface area contributed by atoms with Crippen LogP contribution in [0.4, 0.5) is 0 Å². The molecule has 148 valence electrons. The highest BCUT2D eigenvalue weighted by atomic mass is 16.5. The molecule has 0 amide bonds. The fourth-order valence-corrected chi connectivity index (χ4v) is 4.16. The number of methoxy groups -OCH3 is 1. The number of ether oxygens (including phenoxy) is 2. The summed E-state index contributed by atoms with van der Waals surface area (Å²) in [5, 5.41) is 1.09. The SMILES string of the molecule is COc1ccc2c(c1)CC(c1nc3cc(-c4ccnc5[nH]ccc45)ccc3o1)CO2. The van der Waals surface area contributed by atoms with Crippen molar-refractivity contribution in [2.75, 3.05) is 13.7 Å². The maximum atomic E-state index is 6.10. The number of nitrogens with one attached hydrogen (secondary N) is 1. The van der Waals surface area contributed by atoms with Crippen LogP contribution in [0.3, 0.4) is 0 Å². The first-order valence-electron chi connectivity index (χ1n) is 9.91. The third kappa shape index (κ3) is 2.72. The van der Waals surface area contributed by atoms with Crippen molar-refractivity contribution < 1.29 is 13.9 Å². The number of fused-ring (bicyclic) bond motifs is 3. The minimum atomic E-state index is 0.0674. The lowest BCUT2D eigenvalue weighted by Crippen LogP contribution is -2.19. The van der Waals surface area contributed by atoms with Crippen molar-refractivity contribution in [1.29, 1.82) is 0 Å². The summed E-state index contributed by atoms with van der Waals surface area (Å²) in [6.45, 7) is 0.549. The van der Waals surface area contributed by atoms with Gasteiger partial charge < -0.3 is 18.9 Å². The van der Waals surface area contributed by atoms with Crippen LogP contribution in [-0.4, -0.2) is 28.7 Å². The van der Waals surface area contributed by atoms with Crippen LogP contribution in [0, 0.1) is 0 Å². The Balaban J connectivity index is 1.36. The molecule has 1 N–H and O–H groups in total. The number of hydrogen-bond donors (Lipinski definition) is 1. The summed E-state index contributed by atoms with van der Waals surface area (Å²) in [7, 11) is 1.67. The van der Waals surface area contributed by atoms with Crippen LogP contribution in [0.25, 0.3) is 33.3 Å². The van der Waals surface area contributed by atoms with E-state index in [1.807, 2.05) is 48.8 Å². The van der Waals surface area contributed by atoms with Gasteiger partial charge in [-0.3, -0.25) is 0 Å². The highest BCUT2D eigenvalue weighted by molar-refractivity contribution is 5.94. The summed E-state index contributed by atoms with van der Waals surface area (Å²) in [6.07, 6.45) is 4.53. The van der Waals surface area contributed by atoms with Gasteiger partial charge >= 0.3 is 0 Å². The Hall–Kier alpha value is -3.80. The Bertz CT molecular complexity index is 1390. The summed E-state index contributed by atoms with van der Waals surface area (Å²) in [5.74, 6) is 2.50. The summed E-state index contributed by atoms with van der Waals surface area (Å²) >= 11 is 0. The Kier molecular flexibility index (Phi) is 3.77. The molecular weight excluding hydrogens is 378 g/mol. The van der Waals surface area contributed by atoms with E-state index in [0.29, 0.717) is 12.5 Å². The van der Waals surface area contributed by atoms with Gasteiger partial charge in [0.05, 0.1) is 13.0 Å². The molecule has 0 fully saturated rings. The van der Waals surface area contributed by atoms with E-state index in [4.69, 9.17) is 18.9 Å². The molecule has 0 spiro atoms. The average Bonchev–Trinajstić information content (AvgIpc) is 3.44. The van der Waals surface area contributed by atoms with Crippen molar-refractivity contribution in [1.82, 2.24) is 15.0 Å². The molecule has 1 aliphatic heterocycles. The molecule has 1 atom stereocenters. The standard InChI is InChI=1S/C24H19N3O3/c1-28-17-3-5-21-15(11-17)10-16(13-29-21)24-27-20-12-14(2-4-22(20)30-24)18-6-8-25-23-19(18)7-9-26-23/h2-9,11-12,16H,10,13H2,1H3,(H,25,26). The van der Waals surface area contributed by atoms with Crippen LogP contribution in [0.2, 0.25) is 0 Å². The molecule has 3 aromatic heterocycles. The van der Waals surface area contributed by atoms with Crippen LogP contribution < -0.4 is 9.47 Å². The van der Waals surface area contributed by atoms with Crippen molar-refractivity contribution in [3.8, 4) is 22.6 Å². The second-order valence-electron chi connectivity index (χ2n) is 7.52. The number of aromatic nitrogens is 3. The van der Waals surface area contributed by atoms with Gasteiger partial charge in [-0.25, -0.2) is 9.97 Å². The third-order valence-corrected chi connectivity index (χ3v) is 5.70. The predicted octanol–water partition coefficient (Wildman–Crippen LogP) is 5.10. The number of nitrogens with zero attached hydrogens (tertiary/aromatic N) is 2. The zero-order valence-electron chi connectivity index (χ0n) is 16.4. The molecule has 30 heavy (non-hydrogen) atoms. The van der Waals surface area contributed by atoms with Gasteiger partial charge in [-0.1, -0.05) is 6.07 Å². The Morgan fingerprint density at radius 1 is 1.10 bits per heavy atom. The fourth-order valence-electron chi connectivity index (χ4n) is 4.16. The van der Waals surface area contributed by atoms with Gasteiger partial charge in [0.1, 0.15) is 29.3 Å². The van der Waals surface area contributed by atoms with Crippen molar-refractivity contribution >= 4 is 22.1 Å². The first-order valence-corrected chi connectivity index (χ1v) is 9.91. The summed E-state index contributed by atoms with van der Waals surface area (Å²) < 4.78 is 17.4. The van der Waals surface area contributed by atoms with Crippen molar-refractivity contribution in [3.05, 3.63) is 72.4 Å². The second kappa shape index (κ2) is 6.62. The molecule has 0 radical (unpaired) electrons. The Labute approximate surface area is 172 Å². The molecule has 0 saturated carbocycles. The molecule has 5 aromatic rings. The zero-order chi connectivity index (χ0) is 20.1. The third-order valence-electron chi connectivity index (χ3n) is 5.70. The second-order valence-corrected chi connectivity index (χ2v) is 7.52. The summed E-state index contributed by atoms with van der Waals surface area (Å²) in [5.41, 5.74) is 5.82. The largest absolute Gasteiger partial charge is 0.497 e. The smallest absolute Gasteiger partial charge is 0.202 e. The molecule has 4 heterocycles. The molecule has 1 unspecified atom stereocenters. The maximum absolute atomic E-state index is 6.10. The predicted molar refractivity (Wildman–Crippen MR) is 114 cm³/mol. The van der Waals surface area contributed by atoms with Gasteiger partial charge in [0.2, 0.25) is 5.89 Å². The van der Waals surface area contributed by atoms with E-state index in [9.17, 15) is 0 Å². The van der Waals surface area contributed by atoms with Gasteiger partial charge in [-0.15, -0.1) is 0 Å². The minimum Gasteiger partial charge on any atom is -0.497 e. The number of oxazole rings is 1. The van der Waals surface area contributed by atoms with Crippen LogP contribution in [0.1, 0.15) is 17.4 Å². The van der Waals surface area contributed by atoms with Crippen molar-refractivity contribution in [3.63, 3.8) is 0 Å². The Morgan fingerprint density at radius 2 is 2.07 bits per heavy atom. The van der Waals surface area contributed by atoms with Crippen LogP contribution >= 0.6 is 0 Å². The minimum absolute atomic E-state index is 0.0674. The lowest BCUT2D eigenvalue weighted by molar-refractivity contribution is 0.243. The van der Waals surface area contributed by atoms with Gasteiger partial charge in [0, 0.05) is 17.8 Å². The first-order chi connectivity index (χ1) is 14.8. The van der Waals surface area contributed by atoms with Crippen molar-refractivity contribution in [2.45, 2.75) is 12.3 Å². The highest BCUT2D eigenvalue weighted by Crippen LogP contribution is 2.36. The number of benzene rings is 2. The quantitative estimate of drug-likeness (QED) is 0.459. The zero-order valence-corrected chi connectivity index (χ0v) is 16.4. The number of H-pyrrole nitrogens is 1. The van der Waals surface area contributed by atoms with E-state index in [0.717, 1.165) is 56.7 Å². The molecular formula is C24H19N3O3. The van der Waals surface area contributed by atoms with E-state index in [2.05, 4.69) is 22.1 Å². The molecule has 0 bridgehead atoms. The number of hydrogen-bond acceptors (Lipinski definition) is 5. The maximum Gasteiger partial charge on any atom is 0.202 e. The number of rotatable bonds is 3. The van der Waals surface area contributed by atoms with E-state index in [1.165, 1.54) is 0 Å². The lowest BCUT2D eigenvalue weighted by Gasteiger charge is -2.23. The van der Waals surface area contributed by atoms with E-state index < -0.39 is 0 Å². The molecule has 2 aromatic carbocycles. The first kappa shape index (κ1) is 17.1. The lowest BCUT2D eigenvalue weighted by atomic mass is 9.96. The number of aromatic amines is 1. The molecule has 6 heteroatoms. The molecule has 6 rings (SSSR count). The van der Waals surface area contributed by atoms with Crippen LogP contribution in [0.15, 0.2) is 65.3 Å².